The summed E-state index contributed by atoms with van der Waals surface area (Å²) in [7, 11) is 1.89. The van der Waals surface area contributed by atoms with Crippen LogP contribution in [0.2, 0.25) is 0 Å². The Balaban J connectivity index is 1.61. The molecule has 3 aromatic heterocycles. The molecule has 0 bridgehead atoms. The Hall–Kier alpha value is -2.28. The van der Waals surface area contributed by atoms with Crippen LogP contribution in [0.3, 0.4) is 0 Å². The number of rotatable bonds is 2. The van der Waals surface area contributed by atoms with E-state index in [0.717, 1.165) is 46.7 Å². The Kier molecular flexibility index (Phi) is 3.80. The third kappa shape index (κ3) is 2.58. The largest absolute Gasteiger partial charge is 0.338 e. The number of nitrogens with zero attached hydrogens (tertiary/aromatic N) is 5. The highest BCUT2D eigenvalue weighted by Gasteiger charge is 2.29. The van der Waals surface area contributed by atoms with Crippen molar-refractivity contribution in [3.63, 3.8) is 0 Å². The molecule has 0 saturated carbocycles. The van der Waals surface area contributed by atoms with Crippen LogP contribution in [0, 0.1) is 6.92 Å². The zero-order chi connectivity index (χ0) is 16.7. The van der Waals surface area contributed by atoms with Crippen LogP contribution in [0.1, 0.15) is 39.7 Å². The number of hydrogen-bond donors (Lipinski definition) is 0. The topological polar surface area (TPSA) is 63.9 Å². The first kappa shape index (κ1) is 15.3. The van der Waals surface area contributed by atoms with Crippen LogP contribution in [0.5, 0.6) is 0 Å². The van der Waals surface area contributed by atoms with E-state index in [1.54, 1.807) is 28.4 Å². The molecule has 4 heterocycles. The van der Waals surface area contributed by atoms with Crippen LogP contribution in [0.15, 0.2) is 23.8 Å². The summed E-state index contributed by atoms with van der Waals surface area (Å²) in [5, 5.41) is 6.59. The van der Waals surface area contributed by atoms with Gasteiger partial charge < -0.3 is 4.90 Å². The van der Waals surface area contributed by atoms with Gasteiger partial charge in [0, 0.05) is 48.7 Å². The second-order valence-electron chi connectivity index (χ2n) is 6.27. The quantitative estimate of drug-likeness (QED) is 0.719. The highest BCUT2D eigenvalue weighted by atomic mass is 32.1. The lowest BCUT2D eigenvalue weighted by atomic mass is 9.94. The van der Waals surface area contributed by atoms with Gasteiger partial charge in [0.05, 0.1) is 11.3 Å². The minimum atomic E-state index is 0.121. The van der Waals surface area contributed by atoms with E-state index in [-0.39, 0.29) is 11.8 Å². The molecule has 3 aromatic rings. The number of aryl methyl sites for hydroxylation is 2. The summed E-state index contributed by atoms with van der Waals surface area (Å²) in [6.45, 7) is 3.52. The Morgan fingerprint density at radius 2 is 2.17 bits per heavy atom. The zero-order valence-electron chi connectivity index (χ0n) is 13.8. The van der Waals surface area contributed by atoms with Crippen molar-refractivity contribution in [3.05, 3.63) is 40.0 Å². The van der Waals surface area contributed by atoms with Gasteiger partial charge >= 0.3 is 0 Å². The van der Waals surface area contributed by atoms with E-state index in [1.165, 1.54) is 0 Å². The second-order valence-corrected chi connectivity index (χ2v) is 7.39. The lowest BCUT2D eigenvalue weighted by Gasteiger charge is -2.31. The van der Waals surface area contributed by atoms with E-state index in [0.29, 0.717) is 6.54 Å². The molecule has 0 aromatic carbocycles. The lowest BCUT2D eigenvalue weighted by molar-refractivity contribution is 0.0706. The summed E-state index contributed by atoms with van der Waals surface area (Å²) in [6, 6.07) is 1.97. The molecule has 0 spiro atoms. The molecule has 1 saturated heterocycles. The number of hydrogen-bond acceptors (Lipinski definition) is 5. The maximum absolute atomic E-state index is 12.7. The third-order valence-corrected chi connectivity index (χ3v) is 5.42. The molecule has 1 amide bonds. The molecule has 24 heavy (non-hydrogen) atoms. The first-order valence-corrected chi connectivity index (χ1v) is 8.99. The Morgan fingerprint density at radius 3 is 2.96 bits per heavy atom. The minimum absolute atomic E-state index is 0.121. The van der Waals surface area contributed by atoms with E-state index in [2.05, 4.69) is 15.1 Å². The van der Waals surface area contributed by atoms with Gasteiger partial charge in [-0.1, -0.05) is 0 Å². The van der Waals surface area contributed by atoms with Crippen molar-refractivity contribution in [1.29, 1.82) is 0 Å². The minimum Gasteiger partial charge on any atom is -0.338 e. The molecule has 0 aliphatic carbocycles. The summed E-state index contributed by atoms with van der Waals surface area (Å²) in [4.78, 5) is 24.7. The van der Waals surface area contributed by atoms with Crippen LogP contribution in [-0.4, -0.2) is 43.6 Å². The van der Waals surface area contributed by atoms with Gasteiger partial charge in [-0.05, 0) is 25.8 Å². The monoisotopic (exact) mass is 341 g/mol. The number of amides is 1. The Morgan fingerprint density at radius 1 is 1.33 bits per heavy atom. The van der Waals surface area contributed by atoms with Crippen molar-refractivity contribution in [3.8, 4) is 0 Å². The van der Waals surface area contributed by atoms with E-state index in [4.69, 9.17) is 0 Å². The van der Waals surface area contributed by atoms with Crippen molar-refractivity contribution in [2.75, 3.05) is 13.1 Å². The maximum atomic E-state index is 12.7. The highest BCUT2D eigenvalue weighted by Crippen LogP contribution is 2.30. The van der Waals surface area contributed by atoms with Crippen molar-refractivity contribution >= 4 is 28.4 Å². The van der Waals surface area contributed by atoms with Gasteiger partial charge in [0.1, 0.15) is 5.52 Å². The first-order chi connectivity index (χ1) is 11.6. The van der Waals surface area contributed by atoms with Gasteiger partial charge in [-0.25, -0.2) is 14.6 Å². The molecule has 1 fully saturated rings. The third-order valence-electron chi connectivity index (χ3n) is 4.56. The summed E-state index contributed by atoms with van der Waals surface area (Å²) in [6.07, 6.45) is 5.39. The molecule has 124 valence electrons. The zero-order valence-corrected chi connectivity index (χ0v) is 14.6. The van der Waals surface area contributed by atoms with Crippen molar-refractivity contribution < 1.29 is 4.79 Å². The molecule has 6 nitrogen and oxygen atoms in total. The molecular formula is C17H19N5OS. The fourth-order valence-electron chi connectivity index (χ4n) is 3.40. The lowest BCUT2D eigenvalue weighted by Crippen LogP contribution is -2.39. The van der Waals surface area contributed by atoms with E-state index in [9.17, 15) is 4.79 Å². The van der Waals surface area contributed by atoms with Crippen LogP contribution in [0.4, 0.5) is 0 Å². The highest BCUT2D eigenvalue weighted by molar-refractivity contribution is 7.10. The molecule has 0 N–H and O–H groups in total. The molecule has 1 aliphatic rings. The second kappa shape index (κ2) is 5.98. The van der Waals surface area contributed by atoms with Gasteiger partial charge in [0.2, 0.25) is 0 Å². The average molecular weight is 341 g/mol. The fourth-order valence-corrected chi connectivity index (χ4v) is 4.08. The fraction of sp³-hybridized carbons (Fsp3) is 0.412. The molecule has 1 unspecified atom stereocenters. The number of fused-ring (bicyclic) bond motifs is 1. The summed E-state index contributed by atoms with van der Waals surface area (Å²) < 4.78 is 1.78. The maximum Gasteiger partial charge on any atom is 0.254 e. The molecular weight excluding hydrogens is 322 g/mol. The van der Waals surface area contributed by atoms with Gasteiger partial charge in [0.15, 0.2) is 5.65 Å². The van der Waals surface area contributed by atoms with Crippen LogP contribution in [0.25, 0.3) is 11.2 Å². The van der Waals surface area contributed by atoms with Gasteiger partial charge in [-0.15, -0.1) is 11.3 Å². The number of carbonyl (C=O) groups is 1. The smallest absolute Gasteiger partial charge is 0.254 e. The van der Waals surface area contributed by atoms with E-state index in [1.807, 2.05) is 30.3 Å². The summed E-state index contributed by atoms with van der Waals surface area (Å²) in [5.74, 6) is 0.332. The van der Waals surface area contributed by atoms with Crippen LogP contribution < -0.4 is 0 Å². The number of piperidine rings is 1. The van der Waals surface area contributed by atoms with Crippen molar-refractivity contribution in [2.45, 2.75) is 25.7 Å². The van der Waals surface area contributed by atoms with Crippen LogP contribution in [-0.2, 0) is 7.05 Å². The van der Waals surface area contributed by atoms with Crippen molar-refractivity contribution in [1.82, 2.24) is 24.6 Å². The summed E-state index contributed by atoms with van der Waals surface area (Å²) >= 11 is 1.62. The molecule has 0 radical (unpaired) electrons. The predicted octanol–water partition coefficient (Wildman–Crippen LogP) is 2.75. The standard InChI is InChI=1S/C17H19N5OS/c1-11-8-13(10-24-11)17(23)22-7-3-4-12(9-22)14-15-16(21(2)20-14)19-6-5-18-15/h5-6,8,10,12H,3-4,7,9H2,1-2H3. The number of likely N-dealkylation sites (tertiary alicyclic amines) is 1. The van der Waals surface area contributed by atoms with E-state index < -0.39 is 0 Å². The Bertz CT molecular complexity index is 899. The van der Waals surface area contributed by atoms with Gasteiger partial charge in [-0.3, -0.25) is 4.79 Å². The average Bonchev–Trinajstić information content (AvgIpc) is 3.19. The predicted molar refractivity (Wildman–Crippen MR) is 93.2 cm³/mol. The SMILES string of the molecule is Cc1cc(C(=O)N2CCCC(c3nn(C)c4nccnc34)C2)cs1. The van der Waals surface area contributed by atoms with Gasteiger partial charge in [-0.2, -0.15) is 5.10 Å². The molecule has 7 heteroatoms. The molecule has 1 aliphatic heterocycles. The molecule has 1 atom stereocenters. The Labute approximate surface area is 144 Å². The molecule has 4 rings (SSSR count). The summed E-state index contributed by atoms with van der Waals surface area (Å²) in [5.41, 5.74) is 3.40. The van der Waals surface area contributed by atoms with Crippen LogP contribution >= 0.6 is 11.3 Å². The van der Waals surface area contributed by atoms with E-state index >= 15 is 0 Å². The first-order valence-electron chi connectivity index (χ1n) is 8.11. The number of thiophene rings is 1. The normalized spacial score (nSPS) is 18.2. The van der Waals surface area contributed by atoms with Crippen molar-refractivity contribution in [2.24, 2.45) is 7.05 Å². The number of carbonyl (C=O) groups excluding carboxylic acids is 1. The number of aromatic nitrogens is 4. The van der Waals surface area contributed by atoms with Gasteiger partial charge in [0.25, 0.3) is 5.91 Å².